The quantitative estimate of drug-likeness (QED) is 0.342. The van der Waals surface area contributed by atoms with Crippen molar-refractivity contribution < 1.29 is 23.5 Å². The molecule has 3 aromatic rings. The number of halogens is 2. The van der Waals surface area contributed by atoms with Gasteiger partial charge in [-0.05, 0) is 43.0 Å². The van der Waals surface area contributed by atoms with Gasteiger partial charge >= 0.3 is 5.97 Å². The van der Waals surface area contributed by atoms with Crippen LogP contribution in [0.5, 0.6) is 0 Å². The predicted molar refractivity (Wildman–Crippen MR) is 106 cm³/mol. The number of aromatic nitrogens is 2. The maximum Gasteiger partial charge on any atom is 0.335 e. The van der Waals surface area contributed by atoms with Crippen molar-refractivity contribution in [2.75, 3.05) is 11.6 Å². The maximum absolute atomic E-state index is 14.1. The summed E-state index contributed by atoms with van der Waals surface area (Å²) in [6.07, 6.45) is 2.17. The van der Waals surface area contributed by atoms with E-state index < -0.39 is 23.3 Å². The van der Waals surface area contributed by atoms with Crippen molar-refractivity contribution >= 4 is 35.5 Å². The first-order chi connectivity index (χ1) is 13.8. The average Bonchev–Trinajstić information content (AvgIpc) is 2.70. The van der Waals surface area contributed by atoms with E-state index in [1.54, 1.807) is 19.2 Å². The molecule has 148 valence electrons. The zero-order chi connectivity index (χ0) is 21.1. The SMILES string of the molecule is CSc1nc(Nc2c(F)cccc2F)c(C=O)c(-c2cc(C(=O)O)ccc2C)n1. The van der Waals surface area contributed by atoms with E-state index in [4.69, 9.17) is 0 Å². The van der Waals surface area contributed by atoms with Crippen LogP contribution in [-0.2, 0) is 0 Å². The summed E-state index contributed by atoms with van der Waals surface area (Å²) in [6.45, 7) is 1.74. The van der Waals surface area contributed by atoms with Gasteiger partial charge in [0.1, 0.15) is 23.1 Å². The Kier molecular flexibility index (Phi) is 5.88. The first-order valence-corrected chi connectivity index (χ1v) is 9.54. The molecular weight excluding hydrogens is 400 g/mol. The molecule has 0 spiro atoms. The lowest BCUT2D eigenvalue weighted by Crippen LogP contribution is -2.08. The summed E-state index contributed by atoms with van der Waals surface area (Å²) in [6, 6.07) is 7.79. The molecule has 6 nitrogen and oxygen atoms in total. The van der Waals surface area contributed by atoms with Crippen molar-refractivity contribution in [3.63, 3.8) is 0 Å². The number of nitrogens with one attached hydrogen (secondary N) is 1. The number of rotatable bonds is 6. The van der Waals surface area contributed by atoms with Crippen molar-refractivity contribution in [3.05, 3.63) is 64.7 Å². The number of thioether (sulfide) groups is 1. The van der Waals surface area contributed by atoms with Crippen molar-refractivity contribution in [2.45, 2.75) is 12.1 Å². The Morgan fingerprint density at radius 2 is 1.86 bits per heavy atom. The van der Waals surface area contributed by atoms with Crippen molar-refractivity contribution in [3.8, 4) is 11.3 Å². The summed E-state index contributed by atoms with van der Waals surface area (Å²) >= 11 is 1.16. The molecule has 2 aromatic carbocycles. The Morgan fingerprint density at radius 3 is 2.45 bits per heavy atom. The van der Waals surface area contributed by atoms with Crippen LogP contribution >= 0.6 is 11.8 Å². The zero-order valence-electron chi connectivity index (χ0n) is 15.4. The Morgan fingerprint density at radius 1 is 1.17 bits per heavy atom. The van der Waals surface area contributed by atoms with Gasteiger partial charge in [-0.15, -0.1) is 0 Å². The molecule has 2 N–H and O–H groups in total. The number of hydrogen-bond donors (Lipinski definition) is 2. The number of aldehydes is 1. The number of carbonyl (C=O) groups excluding carboxylic acids is 1. The van der Waals surface area contributed by atoms with Gasteiger partial charge in [-0.1, -0.05) is 23.9 Å². The highest BCUT2D eigenvalue weighted by atomic mass is 32.2. The third-order valence-electron chi connectivity index (χ3n) is 4.17. The number of nitrogens with zero attached hydrogens (tertiary/aromatic N) is 2. The van der Waals surface area contributed by atoms with E-state index in [9.17, 15) is 23.5 Å². The normalized spacial score (nSPS) is 10.6. The van der Waals surface area contributed by atoms with E-state index >= 15 is 0 Å². The number of benzene rings is 2. The van der Waals surface area contributed by atoms with E-state index in [1.165, 1.54) is 18.2 Å². The van der Waals surface area contributed by atoms with Gasteiger partial charge in [0, 0.05) is 5.56 Å². The fraction of sp³-hybridized carbons (Fsp3) is 0.100. The smallest absolute Gasteiger partial charge is 0.335 e. The molecule has 1 aromatic heterocycles. The van der Waals surface area contributed by atoms with Gasteiger partial charge < -0.3 is 10.4 Å². The Labute approximate surface area is 169 Å². The molecule has 3 rings (SSSR count). The van der Waals surface area contributed by atoms with E-state index in [1.807, 2.05) is 0 Å². The molecular formula is C20H15F2N3O3S. The van der Waals surface area contributed by atoms with E-state index in [0.717, 1.165) is 23.9 Å². The Balaban J connectivity index is 2.25. The highest BCUT2D eigenvalue weighted by molar-refractivity contribution is 7.98. The van der Waals surface area contributed by atoms with Crippen LogP contribution in [0.1, 0.15) is 26.3 Å². The molecule has 29 heavy (non-hydrogen) atoms. The van der Waals surface area contributed by atoms with Crippen molar-refractivity contribution in [2.24, 2.45) is 0 Å². The van der Waals surface area contributed by atoms with E-state index in [0.29, 0.717) is 17.4 Å². The fourth-order valence-electron chi connectivity index (χ4n) is 2.70. The molecule has 0 aliphatic carbocycles. The number of aryl methyl sites for hydroxylation is 1. The van der Waals surface area contributed by atoms with Gasteiger partial charge in [0.25, 0.3) is 0 Å². The van der Waals surface area contributed by atoms with Crippen LogP contribution in [0.4, 0.5) is 20.3 Å². The number of para-hydroxylation sites is 1. The molecule has 1 heterocycles. The third kappa shape index (κ3) is 4.09. The summed E-state index contributed by atoms with van der Waals surface area (Å²) in [5.74, 6) is -2.92. The van der Waals surface area contributed by atoms with Crippen LogP contribution in [-0.4, -0.2) is 33.6 Å². The van der Waals surface area contributed by atoms with Gasteiger partial charge in [-0.3, -0.25) is 4.79 Å². The second kappa shape index (κ2) is 8.36. The van der Waals surface area contributed by atoms with Crippen LogP contribution in [0, 0.1) is 18.6 Å². The number of carbonyl (C=O) groups is 2. The van der Waals surface area contributed by atoms with Gasteiger partial charge in [0.05, 0.1) is 16.8 Å². The molecule has 0 bridgehead atoms. The molecule has 9 heteroatoms. The molecule has 0 radical (unpaired) electrons. The number of carboxylic acid groups (broad SMARTS) is 1. The Bertz CT molecular complexity index is 1100. The molecule has 0 aliphatic heterocycles. The zero-order valence-corrected chi connectivity index (χ0v) is 16.2. The average molecular weight is 415 g/mol. The molecule has 0 aliphatic rings. The highest BCUT2D eigenvalue weighted by Crippen LogP contribution is 2.33. The minimum Gasteiger partial charge on any atom is -0.478 e. The van der Waals surface area contributed by atoms with Gasteiger partial charge in [0.15, 0.2) is 11.4 Å². The molecule has 0 unspecified atom stereocenters. The summed E-state index contributed by atoms with van der Waals surface area (Å²) in [5, 5.41) is 12.1. The number of hydrogen-bond acceptors (Lipinski definition) is 6. The summed E-state index contributed by atoms with van der Waals surface area (Å²) < 4.78 is 28.2. The largest absolute Gasteiger partial charge is 0.478 e. The van der Waals surface area contributed by atoms with E-state index in [-0.39, 0.29) is 27.8 Å². The first kappa shape index (κ1) is 20.4. The fourth-order valence-corrected chi connectivity index (χ4v) is 3.06. The second-order valence-corrected chi connectivity index (χ2v) is 6.77. The minimum atomic E-state index is -1.13. The van der Waals surface area contributed by atoms with Crippen LogP contribution in [0.2, 0.25) is 0 Å². The van der Waals surface area contributed by atoms with Crippen LogP contribution in [0.25, 0.3) is 11.3 Å². The summed E-state index contributed by atoms with van der Waals surface area (Å²) in [7, 11) is 0. The summed E-state index contributed by atoms with van der Waals surface area (Å²) in [5.41, 5.74) is 0.758. The minimum absolute atomic E-state index is 0.0152. The Hall–Kier alpha value is -3.33. The first-order valence-electron chi connectivity index (χ1n) is 8.32. The second-order valence-electron chi connectivity index (χ2n) is 6.00. The third-order valence-corrected chi connectivity index (χ3v) is 4.72. The number of carboxylic acids is 1. The standard InChI is InChI=1S/C20H15F2N3O3S/c1-10-6-7-11(19(27)28)8-12(10)16-13(9-26)18(25-20(24-16)29-2)23-17-14(21)4-3-5-15(17)22/h3-9H,1-2H3,(H,27,28)(H,23,24,25). The van der Waals surface area contributed by atoms with Gasteiger partial charge in [0.2, 0.25) is 0 Å². The molecule has 0 saturated heterocycles. The van der Waals surface area contributed by atoms with E-state index in [2.05, 4.69) is 15.3 Å². The van der Waals surface area contributed by atoms with Crippen molar-refractivity contribution in [1.29, 1.82) is 0 Å². The molecule has 0 fully saturated rings. The lowest BCUT2D eigenvalue weighted by atomic mass is 9.99. The molecule has 0 saturated carbocycles. The lowest BCUT2D eigenvalue weighted by molar-refractivity contribution is 0.0696. The summed E-state index contributed by atoms with van der Waals surface area (Å²) in [4.78, 5) is 31.7. The molecule has 0 amide bonds. The predicted octanol–water partition coefficient (Wildman–Crippen LogP) is 4.71. The lowest BCUT2D eigenvalue weighted by Gasteiger charge is -2.15. The van der Waals surface area contributed by atoms with Crippen LogP contribution in [0.3, 0.4) is 0 Å². The van der Waals surface area contributed by atoms with Gasteiger partial charge in [-0.2, -0.15) is 0 Å². The number of aromatic carboxylic acids is 1. The number of anilines is 2. The molecule has 0 atom stereocenters. The maximum atomic E-state index is 14.1. The van der Waals surface area contributed by atoms with Crippen LogP contribution < -0.4 is 5.32 Å². The van der Waals surface area contributed by atoms with Crippen LogP contribution in [0.15, 0.2) is 41.6 Å². The van der Waals surface area contributed by atoms with Crippen molar-refractivity contribution in [1.82, 2.24) is 9.97 Å². The monoisotopic (exact) mass is 415 g/mol. The topological polar surface area (TPSA) is 92.2 Å². The highest BCUT2D eigenvalue weighted by Gasteiger charge is 2.20. The van der Waals surface area contributed by atoms with Gasteiger partial charge in [-0.25, -0.2) is 23.5 Å².